The molecule has 31 heavy (non-hydrogen) atoms. The summed E-state index contributed by atoms with van der Waals surface area (Å²) >= 11 is 3.52. The smallest absolute Gasteiger partial charge is 0.322 e. The number of aromatic nitrogens is 1. The van der Waals surface area contributed by atoms with E-state index in [0.717, 1.165) is 39.1 Å². The van der Waals surface area contributed by atoms with Crippen LogP contribution >= 0.6 is 15.9 Å². The SMILES string of the molecule is COc1ccc(C2c3[nH]c4ccccc4c3CCN2C(=O)Nc2ccccc2Br)cc1. The van der Waals surface area contributed by atoms with Gasteiger partial charge in [-0.2, -0.15) is 0 Å². The molecule has 0 saturated heterocycles. The Morgan fingerprint density at radius 1 is 1.06 bits per heavy atom. The minimum atomic E-state index is -0.218. The molecular formula is C25H22BrN3O2. The fourth-order valence-electron chi connectivity index (χ4n) is 4.34. The third-order valence-corrected chi connectivity index (χ3v) is 6.53. The monoisotopic (exact) mass is 475 g/mol. The number of amides is 2. The molecule has 1 unspecified atom stereocenters. The van der Waals surface area contributed by atoms with Gasteiger partial charge in [0.25, 0.3) is 0 Å². The van der Waals surface area contributed by atoms with Gasteiger partial charge in [-0.25, -0.2) is 4.79 Å². The number of urea groups is 1. The number of para-hydroxylation sites is 2. The number of nitrogens with one attached hydrogen (secondary N) is 2. The molecule has 0 bridgehead atoms. The standard InChI is InChI=1S/C25H22BrN3O2/c1-31-17-12-10-16(11-13-17)24-23-19(18-6-2-4-8-21(18)27-23)14-15-29(24)25(30)28-22-9-5-3-7-20(22)26/h2-13,24,27H,14-15H2,1H3,(H,28,30). The summed E-state index contributed by atoms with van der Waals surface area (Å²) in [6, 6.07) is 23.6. The van der Waals surface area contributed by atoms with E-state index in [-0.39, 0.29) is 12.1 Å². The summed E-state index contributed by atoms with van der Waals surface area (Å²) in [6.07, 6.45) is 0.801. The van der Waals surface area contributed by atoms with Crippen LogP contribution in [0.3, 0.4) is 0 Å². The van der Waals surface area contributed by atoms with Crippen LogP contribution in [0, 0.1) is 0 Å². The van der Waals surface area contributed by atoms with Gasteiger partial charge >= 0.3 is 6.03 Å². The second kappa shape index (κ2) is 8.12. The summed E-state index contributed by atoms with van der Waals surface area (Å²) in [5.74, 6) is 0.792. The molecule has 2 N–H and O–H groups in total. The second-order valence-corrected chi connectivity index (χ2v) is 8.45. The Morgan fingerprint density at radius 3 is 2.58 bits per heavy atom. The molecule has 1 atom stereocenters. The predicted molar refractivity (Wildman–Crippen MR) is 127 cm³/mol. The number of carbonyl (C=O) groups excluding carboxylic acids is 1. The Hall–Kier alpha value is -3.25. The molecule has 3 aromatic carbocycles. The van der Waals surface area contributed by atoms with E-state index in [4.69, 9.17) is 4.74 Å². The molecule has 5 rings (SSSR count). The molecule has 0 aliphatic carbocycles. The van der Waals surface area contributed by atoms with Crippen molar-refractivity contribution in [2.75, 3.05) is 19.0 Å². The molecule has 1 aliphatic rings. The zero-order chi connectivity index (χ0) is 21.4. The third-order valence-electron chi connectivity index (χ3n) is 5.84. The average molecular weight is 476 g/mol. The Bertz CT molecular complexity index is 1250. The molecule has 1 aromatic heterocycles. The number of nitrogens with zero attached hydrogens (tertiary/aromatic N) is 1. The molecule has 2 amide bonds. The summed E-state index contributed by atoms with van der Waals surface area (Å²) in [5.41, 5.74) is 5.24. The van der Waals surface area contributed by atoms with Crippen LogP contribution in [0.5, 0.6) is 5.75 Å². The maximum Gasteiger partial charge on any atom is 0.322 e. The molecule has 0 fully saturated rings. The van der Waals surface area contributed by atoms with Crippen LogP contribution in [0.4, 0.5) is 10.5 Å². The van der Waals surface area contributed by atoms with Crippen molar-refractivity contribution in [3.63, 3.8) is 0 Å². The van der Waals surface area contributed by atoms with Gasteiger partial charge in [-0.3, -0.25) is 0 Å². The molecular weight excluding hydrogens is 454 g/mol. The highest BCUT2D eigenvalue weighted by atomic mass is 79.9. The zero-order valence-electron chi connectivity index (χ0n) is 17.1. The van der Waals surface area contributed by atoms with Crippen LogP contribution in [0.1, 0.15) is 22.9 Å². The van der Waals surface area contributed by atoms with E-state index in [2.05, 4.69) is 44.4 Å². The quantitative estimate of drug-likeness (QED) is 0.375. The number of anilines is 1. The van der Waals surface area contributed by atoms with Crippen LogP contribution in [0.15, 0.2) is 77.3 Å². The van der Waals surface area contributed by atoms with Crippen LogP contribution in [0.2, 0.25) is 0 Å². The number of halogens is 1. The number of hydrogen-bond donors (Lipinski definition) is 2. The number of hydrogen-bond acceptors (Lipinski definition) is 2. The average Bonchev–Trinajstić information content (AvgIpc) is 3.19. The highest BCUT2D eigenvalue weighted by Crippen LogP contribution is 2.39. The molecule has 156 valence electrons. The van der Waals surface area contributed by atoms with Crippen LogP contribution in [-0.4, -0.2) is 29.6 Å². The van der Waals surface area contributed by atoms with Gasteiger partial charge in [-0.1, -0.05) is 42.5 Å². The Balaban J connectivity index is 1.58. The topological polar surface area (TPSA) is 57.4 Å². The van der Waals surface area contributed by atoms with Crippen molar-refractivity contribution in [3.8, 4) is 5.75 Å². The summed E-state index contributed by atoms with van der Waals surface area (Å²) in [7, 11) is 1.66. The molecule has 1 aliphatic heterocycles. The van der Waals surface area contributed by atoms with E-state index in [0.29, 0.717) is 6.54 Å². The number of methoxy groups -OCH3 is 1. The number of ether oxygens (including phenoxy) is 1. The van der Waals surface area contributed by atoms with E-state index in [1.807, 2.05) is 59.5 Å². The predicted octanol–water partition coefficient (Wildman–Crippen LogP) is 6.12. The first-order valence-electron chi connectivity index (χ1n) is 10.2. The molecule has 2 heterocycles. The fourth-order valence-corrected chi connectivity index (χ4v) is 4.73. The number of benzene rings is 3. The normalized spacial score (nSPS) is 15.5. The van der Waals surface area contributed by atoms with Gasteiger partial charge in [-0.15, -0.1) is 0 Å². The fraction of sp³-hybridized carbons (Fsp3) is 0.160. The summed E-state index contributed by atoms with van der Waals surface area (Å²) in [5, 5.41) is 4.29. The van der Waals surface area contributed by atoms with Gasteiger partial charge in [0.1, 0.15) is 5.75 Å². The highest BCUT2D eigenvalue weighted by Gasteiger charge is 2.34. The molecule has 0 saturated carbocycles. The van der Waals surface area contributed by atoms with Crippen molar-refractivity contribution >= 4 is 38.6 Å². The molecule has 5 nitrogen and oxygen atoms in total. The first-order valence-corrected chi connectivity index (χ1v) is 11.0. The highest BCUT2D eigenvalue weighted by molar-refractivity contribution is 9.10. The lowest BCUT2D eigenvalue weighted by molar-refractivity contribution is 0.193. The number of rotatable bonds is 3. The first kappa shape index (κ1) is 19.7. The third kappa shape index (κ3) is 3.57. The lowest BCUT2D eigenvalue weighted by atomic mass is 9.92. The van der Waals surface area contributed by atoms with Gasteiger partial charge in [-0.05, 0) is 63.8 Å². The largest absolute Gasteiger partial charge is 0.497 e. The first-order chi connectivity index (χ1) is 15.2. The summed E-state index contributed by atoms with van der Waals surface area (Å²) in [6.45, 7) is 0.627. The Kier molecular flexibility index (Phi) is 5.16. The van der Waals surface area contributed by atoms with Gasteiger partial charge in [0.05, 0.1) is 18.8 Å². The molecule has 0 radical (unpaired) electrons. The van der Waals surface area contributed by atoms with Gasteiger partial charge in [0, 0.05) is 27.6 Å². The number of carbonyl (C=O) groups is 1. The minimum Gasteiger partial charge on any atom is -0.497 e. The van der Waals surface area contributed by atoms with Crippen LogP contribution in [0.25, 0.3) is 10.9 Å². The van der Waals surface area contributed by atoms with E-state index < -0.39 is 0 Å². The van der Waals surface area contributed by atoms with Crippen LogP contribution in [-0.2, 0) is 6.42 Å². The summed E-state index contributed by atoms with van der Waals surface area (Å²) < 4.78 is 6.19. The number of fused-ring (bicyclic) bond motifs is 3. The van der Waals surface area contributed by atoms with Crippen molar-refractivity contribution in [2.45, 2.75) is 12.5 Å². The Labute approximate surface area is 189 Å². The van der Waals surface area contributed by atoms with Gasteiger partial charge < -0.3 is 19.9 Å². The number of H-pyrrole nitrogens is 1. The summed E-state index contributed by atoms with van der Waals surface area (Å²) in [4.78, 5) is 18.9. The van der Waals surface area contributed by atoms with E-state index in [1.54, 1.807) is 7.11 Å². The lowest BCUT2D eigenvalue weighted by Crippen LogP contribution is -2.43. The van der Waals surface area contributed by atoms with Crippen molar-refractivity contribution in [3.05, 3.63) is 94.1 Å². The number of aromatic amines is 1. The van der Waals surface area contributed by atoms with Crippen molar-refractivity contribution in [1.29, 1.82) is 0 Å². The molecule has 6 heteroatoms. The molecule has 4 aromatic rings. The van der Waals surface area contributed by atoms with Crippen LogP contribution < -0.4 is 10.1 Å². The van der Waals surface area contributed by atoms with Crippen molar-refractivity contribution in [1.82, 2.24) is 9.88 Å². The van der Waals surface area contributed by atoms with E-state index >= 15 is 0 Å². The van der Waals surface area contributed by atoms with Gasteiger partial charge in [0.15, 0.2) is 0 Å². The minimum absolute atomic E-state index is 0.128. The maximum atomic E-state index is 13.4. The van der Waals surface area contributed by atoms with Crippen molar-refractivity contribution < 1.29 is 9.53 Å². The van der Waals surface area contributed by atoms with Gasteiger partial charge in [0.2, 0.25) is 0 Å². The lowest BCUT2D eigenvalue weighted by Gasteiger charge is -2.36. The van der Waals surface area contributed by atoms with E-state index in [1.165, 1.54) is 10.9 Å². The van der Waals surface area contributed by atoms with E-state index in [9.17, 15) is 4.79 Å². The van der Waals surface area contributed by atoms with Crippen molar-refractivity contribution in [2.24, 2.45) is 0 Å². The Morgan fingerprint density at radius 2 is 1.81 bits per heavy atom. The second-order valence-electron chi connectivity index (χ2n) is 7.59. The maximum absolute atomic E-state index is 13.4. The zero-order valence-corrected chi connectivity index (χ0v) is 18.6. The molecule has 0 spiro atoms.